The molecule has 5 amide bonds. The van der Waals surface area contributed by atoms with E-state index in [1.54, 1.807) is 26.1 Å². The van der Waals surface area contributed by atoms with Gasteiger partial charge in [0.25, 0.3) is 0 Å². The van der Waals surface area contributed by atoms with Gasteiger partial charge in [0.2, 0.25) is 29.5 Å². The van der Waals surface area contributed by atoms with E-state index >= 15 is 0 Å². The third-order valence-corrected chi connectivity index (χ3v) is 6.58. The number of aromatic amines is 1. The van der Waals surface area contributed by atoms with E-state index < -0.39 is 72.0 Å². The molecule has 0 aliphatic rings. The molecule has 2 aromatic rings. The number of carboxylic acid groups (broad SMARTS) is 1. The van der Waals surface area contributed by atoms with Crippen LogP contribution in [0.2, 0.25) is 0 Å². The number of hydrogen-bond donors (Lipinski definition) is 8. The van der Waals surface area contributed by atoms with Gasteiger partial charge in [-0.3, -0.25) is 24.0 Å². The van der Waals surface area contributed by atoms with Crippen molar-refractivity contribution in [2.75, 3.05) is 0 Å². The van der Waals surface area contributed by atoms with E-state index in [1.165, 1.54) is 0 Å². The van der Waals surface area contributed by atoms with Crippen molar-refractivity contribution in [3.63, 3.8) is 0 Å². The Bertz CT molecular complexity index is 1240. The normalized spacial score (nSPS) is 14.8. The number of amides is 5. The first kappa shape index (κ1) is 31.8. The van der Waals surface area contributed by atoms with Gasteiger partial charge in [-0.2, -0.15) is 0 Å². The van der Waals surface area contributed by atoms with Crippen LogP contribution in [-0.4, -0.2) is 69.8 Å². The molecule has 1 aromatic carbocycles. The van der Waals surface area contributed by atoms with E-state index in [1.807, 2.05) is 18.2 Å². The third kappa shape index (κ3) is 9.08. The second kappa shape index (κ2) is 14.6. The van der Waals surface area contributed by atoms with Gasteiger partial charge < -0.3 is 43.2 Å². The molecular formula is C26H37N7O7. The molecule has 14 heteroatoms. The molecule has 2 rings (SSSR count). The van der Waals surface area contributed by atoms with Gasteiger partial charge in [-0.05, 0) is 24.0 Å². The van der Waals surface area contributed by atoms with Crippen LogP contribution in [0.15, 0.2) is 30.5 Å². The topological polar surface area (TPSA) is 253 Å². The lowest BCUT2D eigenvalue weighted by molar-refractivity contribution is -0.143. The zero-order valence-electron chi connectivity index (χ0n) is 22.4. The SMILES string of the molecule is CCC(C)C(NC(=O)C(Cc1c[nH]c2ccccc12)NC(=O)C(CCC(N)=O)NC(=O)C(N)CC(N)=O)C(=O)O. The van der Waals surface area contributed by atoms with Crippen LogP contribution < -0.4 is 33.2 Å². The number of aliphatic carboxylic acids is 1. The zero-order chi connectivity index (χ0) is 30.0. The molecule has 0 saturated carbocycles. The highest BCUT2D eigenvalue weighted by Gasteiger charge is 2.32. The minimum Gasteiger partial charge on any atom is -0.480 e. The van der Waals surface area contributed by atoms with Gasteiger partial charge in [0.15, 0.2) is 0 Å². The molecule has 0 aliphatic heterocycles. The largest absolute Gasteiger partial charge is 0.480 e. The molecule has 1 aromatic heterocycles. The highest BCUT2D eigenvalue weighted by Crippen LogP contribution is 2.20. The smallest absolute Gasteiger partial charge is 0.326 e. The summed E-state index contributed by atoms with van der Waals surface area (Å²) in [7, 11) is 0. The summed E-state index contributed by atoms with van der Waals surface area (Å²) >= 11 is 0. The van der Waals surface area contributed by atoms with Crippen molar-refractivity contribution in [1.82, 2.24) is 20.9 Å². The fourth-order valence-corrected chi connectivity index (χ4v) is 4.08. The first-order valence-corrected chi connectivity index (χ1v) is 12.8. The molecule has 0 bridgehead atoms. The van der Waals surface area contributed by atoms with Crippen LogP contribution in [0, 0.1) is 5.92 Å². The third-order valence-electron chi connectivity index (χ3n) is 6.58. The van der Waals surface area contributed by atoms with Crippen LogP contribution in [0.25, 0.3) is 10.9 Å². The van der Waals surface area contributed by atoms with E-state index in [0.29, 0.717) is 12.0 Å². The van der Waals surface area contributed by atoms with Gasteiger partial charge in [0, 0.05) is 29.9 Å². The van der Waals surface area contributed by atoms with Crippen molar-refractivity contribution in [3.8, 4) is 0 Å². The molecular weight excluding hydrogens is 522 g/mol. The van der Waals surface area contributed by atoms with E-state index in [-0.39, 0.29) is 19.3 Å². The Hall–Kier alpha value is -4.46. The number of aromatic nitrogens is 1. The maximum atomic E-state index is 13.4. The Morgan fingerprint density at radius 3 is 2.15 bits per heavy atom. The summed E-state index contributed by atoms with van der Waals surface area (Å²) in [5.41, 5.74) is 17.5. The quantitative estimate of drug-likeness (QED) is 0.123. The molecule has 218 valence electrons. The number of fused-ring (bicyclic) bond motifs is 1. The van der Waals surface area contributed by atoms with Gasteiger partial charge in [-0.25, -0.2) is 4.79 Å². The van der Waals surface area contributed by atoms with Gasteiger partial charge in [-0.15, -0.1) is 0 Å². The number of benzene rings is 1. The maximum Gasteiger partial charge on any atom is 0.326 e. The number of rotatable bonds is 16. The van der Waals surface area contributed by atoms with Crippen LogP contribution in [0.4, 0.5) is 0 Å². The first-order chi connectivity index (χ1) is 18.8. The fraction of sp³-hybridized carbons (Fsp3) is 0.462. The Morgan fingerprint density at radius 1 is 0.925 bits per heavy atom. The van der Waals surface area contributed by atoms with Gasteiger partial charge in [0.05, 0.1) is 12.5 Å². The Labute approximate surface area is 230 Å². The molecule has 0 spiro atoms. The Kier molecular flexibility index (Phi) is 11.6. The summed E-state index contributed by atoms with van der Waals surface area (Å²) in [6.07, 6.45) is 1.15. The number of H-pyrrole nitrogens is 1. The standard InChI is InChI=1S/C26H37N7O7/c1-3-13(2)22(26(39)40)33-25(38)19(10-14-12-30-17-7-5-4-6-15(14)17)32-24(37)18(8-9-20(28)34)31-23(36)16(27)11-21(29)35/h4-7,12-13,16,18-19,22,30H,3,8-11,27H2,1-2H3,(H2,28,34)(H2,29,35)(H,31,36)(H,32,37)(H,33,38)(H,39,40). The van der Waals surface area contributed by atoms with Crippen molar-refractivity contribution >= 4 is 46.4 Å². The molecule has 5 unspecified atom stereocenters. The summed E-state index contributed by atoms with van der Waals surface area (Å²) in [4.78, 5) is 76.7. The monoisotopic (exact) mass is 559 g/mol. The lowest BCUT2D eigenvalue weighted by atomic mass is 9.97. The van der Waals surface area contributed by atoms with Crippen LogP contribution in [0.5, 0.6) is 0 Å². The molecule has 0 fully saturated rings. The summed E-state index contributed by atoms with van der Waals surface area (Å²) in [6, 6.07) is 2.13. The molecule has 14 nitrogen and oxygen atoms in total. The number of carbonyl (C=O) groups is 6. The Balaban J connectivity index is 2.35. The predicted octanol–water partition coefficient (Wildman–Crippen LogP) is -1.24. The fourth-order valence-electron chi connectivity index (χ4n) is 4.08. The van der Waals surface area contributed by atoms with Crippen molar-refractivity contribution in [3.05, 3.63) is 36.0 Å². The maximum absolute atomic E-state index is 13.4. The molecule has 5 atom stereocenters. The number of carbonyl (C=O) groups excluding carboxylic acids is 5. The summed E-state index contributed by atoms with van der Waals surface area (Å²) in [5.74, 6) is -5.66. The molecule has 1 heterocycles. The summed E-state index contributed by atoms with van der Waals surface area (Å²) in [5, 5.41) is 17.9. The van der Waals surface area contributed by atoms with Gasteiger partial charge in [0.1, 0.15) is 18.1 Å². The minimum atomic E-state index is -1.35. The molecule has 0 aliphatic carbocycles. The van der Waals surface area contributed by atoms with Crippen molar-refractivity contribution in [1.29, 1.82) is 0 Å². The highest BCUT2D eigenvalue weighted by atomic mass is 16.4. The second-order valence-electron chi connectivity index (χ2n) is 9.68. The number of primary amides is 2. The lowest BCUT2D eigenvalue weighted by Gasteiger charge is -2.26. The first-order valence-electron chi connectivity index (χ1n) is 12.8. The van der Waals surface area contributed by atoms with Gasteiger partial charge >= 0.3 is 5.97 Å². The number of nitrogens with two attached hydrogens (primary N) is 3. The molecule has 0 saturated heterocycles. The van der Waals surface area contributed by atoms with Crippen LogP contribution >= 0.6 is 0 Å². The number of nitrogens with one attached hydrogen (secondary N) is 4. The highest BCUT2D eigenvalue weighted by molar-refractivity contribution is 5.96. The van der Waals surface area contributed by atoms with E-state index in [2.05, 4.69) is 20.9 Å². The van der Waals surface area contributed by atoms with Crippen molar-refractivity contribution in [2.45, 2.75) is 70.1 Å². The number of para-hydroxylation sites is 1. The van der Waals surface area contributed by atoms with Crippen LogP contribution in [-0.2, 0) is 35.2 Å². The Morgan fingerprint density at radius 2 is 1.55 bits per heavy atom. The van der Waals surface area contributed by atoms with Gasteiger partial charge in [-0.1, -0.05) is 38.5 Å². The molecule has 40 heavy (non-hydrogen) atoms. The second-order valence-corrected chi connectivity index (χ2v) is 9.68. The average molecular weight is 560 g/mol. The summed E-state index contributed by atoms with van der Waals surface area (Å²) < 4.78 is 0. The minimum absolute atomic E-state index is 0.0217. The number of carboxylic acids is 1. The van der Waals surface area contributed by atoms with Crippen molar-refractivity contribution < 1.29 is 33.9 Å². The lowest BCUT2D eigenvalue weighted by Crippen LogP contribution is -2.58. The summed E-state index contributed by atoms with van der Waals surface area (Å²) in [6.45, 7) is 3.46. The van der Waals surface area contributed by atoms with Crippen LogP contribution in [0.3, 0.4) is 0 Å². The van der Waals surface area contributed by atoms with E-state index in [0.717, 1.165) is 10.9 Å². The van der Waals surface area contributed by atoms with E-state index in [9.17, 15) is 33.9 Å². The molecule has 11 N–H and O–H groups in total. The predicted molar refractivity (Wildman–Crippen MR) is 145 cm³/mol. The zero-order valence-corrected chi connectivity index (χ0v) is 22.4. The van der Waals surface area contributed by atoms with Crippen molar-refractivity contribution in [2.24, 2.45) is 23.1 Å². The number of hydrogen-bond acceptors (Lipinski definition) is 7. The average Bonchev–Trinajstić information content (AvgIpc) is 3.30. The molecule has 0 radical (unpaired) electrons. The van der Waals surface area contributed by atoms with E-state index in [4.69, 9.17) is 17.2 Å². The van der Waals surface area contributed by atoms with Crippen LogP contribution in [0.1, 0.15) is 45.1 Å².